The third-order valence-electron chi connectivity index (χ3n) is 2.10. The molecule has 0 aromatic carbocycles. The lowest BCUT2D eigenvalue weighted by atomic mass is 10.2. The number of aromatic nitrogens is 1. The molecule has 0 saturated heterocycles. The molecule has 1 saturated carbocycles. The van der Waals surface area contributed by atoms with Crippen LogP contribution in [0.2, 0.25) is 5.15 Å². The average Bonchev–Trinajstić information content (AvgIpc) is 2.93. The number of ether oxygens (including phenoxy) is 1. The highest BCUT2D eigenvalue weighted by Crippen LogP contribution is 2.44. The molecule has 1 aromatic rings. The predicted molar refractivity (Wildman–Crippen MR) is 51.4 cm³/mol. The van der Waals surface area contributed by atoms with Crippen LogP contribution in [0.4, 0.5) is 9.18 Å². The van der Waals surface area contributed by atoms with Crippen molar-refractivity contribution in [3.05, 3.63) is 22.7 Å². The van der Waals surface area contributed by atoms with Gasteiger partial charge in [-0.2, -0.15) is 0 Å². The average molecular weight is 231 g/mol. The zero-order valence-electron chi connectivity index (χ0n) is 7.67. The van der Waals surface area contributed by atoms with E-state index in [2.05, 4.69) is 9.72 Å². The summed E-state index contributed by atoms with van der Waals surface area (Å²) in [4.78, 5) is 14.4. The van der Waals surface area contributed by atoms with Gasteiger partial charge in [-0.05, 0) is 12.8 Å². The fraction of sp³-hybridized carbons (Fsp3) is 0.333. The van der Waals surface area contributed by atoms with E-state index in [1.54, 1.807) is 0 Å². The molecule has 6 heteroatoms. The van der Waals surface area contributed by atoms with Crippen LogP contribution in [0.15, 0.2) is 6.07 Å². The highest BCUT2D eigenvalue weighted by atomic mass is 35.5. The molecule has 2 N–H and O–H groups in total. The molecule has 0 spiro atoms. The molecule has 15 heavy (non-hydrogen) atoms. The van der Waals surface area contributed by atoms with Crippen LogP contribution in [-0.2, 0) is 0 Å². The number of rotatable bonds is 2. The highest BCUT2D eigenvalue weighted by Gasteiger charge is 2.30. The second kappa shape index (κ2) is 3.66. The second-order valence-electron chi connectivity index (χ2n) is 3.34. The molecule has 0 aliphatic heterocycles. The molecule has 2 rings (SSSR count). The Morgan fingerprint density at radius 1 is 1.67 bits per heavy atom. The second-order valence-corrected chi connectivity index (χ2v) is 3.70. The number of hydrogen-bond donors (Lipinski definition) is 1. The number of nitrogens with two attached hydrogens (primary N) is 1. The van der Waals surface area contributed by atoms with Crippen LogP contribution >= 0.6 is 11.6 Å². The van der Waals surface area contributed by atoms with Gasteiger partial charge in [0.2, 0.25) is 0 Å². The van der Waals surface area contributed by atoms with Crippen molar-refractivity contribution in [1.29, 1.82) is 0 Å². The van der Waals surface area contributed by atoms with E-state index in [4.69, 9.17) is 17.3 Å². The molecule has 1 fully saturated rings. The van der Waals surface area contributed by atoms with Crippen LogP contribution in [-0.4, -0.2) is 11.1 Å². The maximum atomic E-state index is 13.1. The summed E-state index contributed by atoms with van der Waals surface area (Å²) >= 11 is 5.54. The first-order chi connectivity index (χ1) is 7.08. The maximum absolute atomic E-state index is 13.1. The molecule has 0 radical (unpaired) electrons. The largest absolute Gasteiger partial charge is 0.410 e. The Hall–Kier alpha value is -1.36. The van der Waals surface area contributed by atoms with Crippen LogP contribution in [0.25, 0.3) is 0 Å². The van der Waals surface area contributed by atoms with Gasteiger partial charge in [-0.25, -0.2) is 14.2 Å². The summed E-state index contributed by atoms with van der Waals surface area (Å²) < 4.78 is 17.7. The third kappa shape index (κ3) is 2.18. The van der Waals surface area contributed by atoms with Gasteiger partial charge in [-0.15, -0.1) is 0 Å². The Bertz CT molecular complexity index is 421. The SMILES string of the molecule is NC(=O)Oc1cc(F)c(Cl)nc1C1CC1. The van der Waals surface area contributed by atoms with Crippen molar-refractivity contribution in [2.75, 3.05) is 0 Å². The van der Waals surface area contributed by atoms with E-state index in [1.165, 1.54) is 0 Å². The zero-order valence-corrected chi connectivity index (χ0v) is 8.42. The van der Waals surface area contributed by atoms with E-state index < -0.39 is 11.9 Å². The standard InChI is InChI=1S/C9H8ClFN2O2/c10-8-5(11)3-6(15-9(12)14)7(13-8)4-1-2-4/h3-4H,1-2H2,(H2,12,14). The number of carbonyl (C=O) groups is 1. The van der Waals surface area contributed by atoms with Crippen molar-refractivity contribution in [1.82, 2.24) is 4.98 Å². The summed E-state index contributed by atoms with van der Waals surface area (Å²) in [6, 6.07) is 1.04. The molecule has 0 bridgehead atoms. The maximum Gasteiger partial charge on any atom is 0.410 e. The van der Waals surface area contributed by atoms with Crippen molar-refractivity contribution < 1.29 is 13.9 Å². The quantitative estimate of drug-likeness (QED) is 0.792. The molecule has 1 aromatic heterocycles. The van der Waals surface area contributed by atoms with Gasteiger partial charge in [0.1, 0.15) is 0 Å². The molecule has 80 valence electrons. The Morgan fingerprint density at radius 2 is 2.33 bits per heavy atom. The van der Waals surface area contributed by atoms with Gasteiger partial charge in [0, 0.05) is 12.0 Å². The summed E-state index contributed by atoms with van der Waals surface area (Å²) in [5.41, 5.74) is 5.36. The zero-order chi connectivity index (χ0) is 11.0. The number of halogens is 2. The number of pyridine rings is 1. The van der Waals surface area contributed by atoms with Gasteiger partial charge in [-0.3, -0.25) is 0 Å². The molecule has 1 heterocycles. The molecule has 1 aliphatic carbocycles. The van der Waals surface area contributed by atoms with Gasteiger partial charge in [0.05, 0.1) is 5.69 Å². The lowest BCUT2D eigenvalue weighted by molar-refractivity contribution is 0.210. The van der Waals surface area contributed by atoms with E-state index in [-0.39, 0.29) is 16.8 Å². The highest BCUT2D eigenvalue weighted by molar-refractivity contribution is 6.29. The van der Waals surface area contributed by atoms with E-state index in [0.29, 0.717) is 5.69 Å². The van der Waals surface area contributed by atoms with Crippen LogP contribution in [0.5, 0.6) is 5.75 Å². The summed E-state index contributed by atoms with van der Waals surface area (Å²) in [5.74, 6) is -0.471. The Kier molecular flexibility index (Phi) is 2.48. The monoisotopic (exact) mass is 230 g/mol. The molecule has 0 unspecified atom stereocenters. The van der Waals surface area contributed by atoms with Gasteiger partial charge in [0.15, 0.2) is 16.7 Å². The van der Waals surface area contributed by atoms with E-state index in [1.807, 2.05) is 0 Å². The van der Waals surface area contributed by atoms with Crippen molar-refractivity contribution in [2.45, 2.75) is 18.8 Å². The van der Waals surface area contributed by atoms with Crippen molar-refractivity contribution in [3.63, 3.8) is 0 Å². The third-order valence-corrected chi connectivity index (χ3v) is 2.37. The molecule has 4 nitrogen and oxygen atoms in total. The van der Waals surface area contributed by atoms with Crippen molar-refractivity contribution in [3.8, 4) is 5.75 Å². The smallest absolute Gasteiger partial charge is 0.408 e. The van der Waals surface area contributed by atoms with Crippen LogP contribution < -0.4 is 10.5 Å². The lowest BCUT2D eigenvalue weighted by Gasteiger charge is -2.07. The van der Waals surface area contributed by atoms with Crippen LogP contribution in [0.1, 0.15) is 24.5 Å². The van der Waals surface area contributed by atoms with Crippen molar-refractivity contribution in [2.24, 2.45) is 5.73 Å². The minimum Gasteiger partial charge on any atom is -0.408 e. The van der Waals surface area contributed by atoms with Crippen LogP contribution in [0.3, 0.4) is 0 Å². The van der Waals surface area contributed by atoms with Gasteiger partial charge >= 0.3 is 6.09 Å². The molecular weight excluding hydrogens is 223 g/mol. The Labute approximate surface area is 90.2 Å². The Balaban J connectivity index is 2.40. The van der Waals surface area contributed by atoms with Crippen LogP contribution in [0, 0.1) is 5.82 Å². The summed E-state index contributed by atoms with van der Waals surface area (Å²) in [7, 11) is 0. The molecule has 1 aliphatic rings. The lowest BCUT2D eigenvalue weighted by Crippen LogP contribution is -2.17. The van der Waals surface area contributed by atoms with E-state index in [9.17, 15) is 9.18 Å². The van der Waals surface area contributed by atoms with Gasteiger partial charge < -0.3 is 10.5 Å². The van der Waals surface area contributed by atoms with E-state index in [0.717, 1.165) is 18.9 Å². The van der Waals surface area contributed by atoms with Gasteiger partial charge in [-0.1, -0.05) is 11.6 Å². The molecule has 1 amide bonds. The predicted octanol–water partition coefficient (Wildman–Crippen LogP) is 2.21. The first-order valence-corrected chi connectivity index (χ1v) is 4.79. The fourth-order valence-corrected chi connectivity index (χ4v) is 1.45. The number of carbonyl (C=O) groups excluding carboxylic acids is 1. The van der Waals surface area contributed by atoms with Crippen molar-refractivity contribution >= 4 is 17.7 Å². The molecule has 0 atom stereocenters. The number of hydrogen-bond acceptors (Lipinski definition) is 3. The number of amides is 1. The number of primary amides is 1. The number of nitrogens with zero attached hydrogens (tertiary/aromatic N) is 1. The van der Waals surface area contributed by atoms with Gasteiger partial charge in [0.25, 0.3) is 0 Å². The summed E-state index contributed by atoms with van der Waals surface area (Å²) in [5, 5.41) is -0.214. The summed E-state index contributed by atoms with van der Waals surface area (Å²) in [6.45, 7) is 0. The summed E-state index contributed by atoms with van der Waals surface area (Å²) in [6.07, 6.45) is 0.883. The first-order valence-electron chi connectivity index (χ1n) is 4.41. The fourth-order valence-electron chi connectivity index (χ4n) is 1.30. The topological polar surface area (TPSA) is 65.2 Å². The molecular formula is C9H8ClFN2O2. The minimum atomic E-state index is -0.986. The Morgan fingerprint density at radius 3 is 2.87 bits per heavy atom. The minimum absolute atomic E-state index is 0.0619. The van der Waals surface area contributed by atoms with E-state index >= 15 is 0 Å². The normalized spacial score (nSPS) is 15.1. The first kappa shape index (κ1) is 10.2.